The van der Waals surface area contributed by atoms with E-state index in [2.05, 4.69) is 0 Å². The predicted molar refractivity (Wildman–Crippen MR) is 88.9 cm³/mol. The third-order valence-corrected chi connectivity index (χ3v) is 5.30. The molecule has 7 heteroatoms. The van der Waals surface area contributed by atoms with Crippen LogP contribution < -0.4 is 4.74 Å². The van der Waals surface area contributed by atoms with Crippen LogP contribution in [0.1, 0.15) is 18.4 Å². The van der Waals surface area contributed by atoms with Crippen molar-refractivity contribution in [1.82, 2.24) is 9.21 Å². The molecule has 1 saturated heterocycles. The summed E-state index contributed by atoms with van der Waals surface area (Å²) in [4.78, 5) is 13.9. The number of hydrogen-bond acceptors (Lipinski definition) is 4. The molecule has 128 valence electrons. The van der Waals surface area contributed by atoms with E-state index < -0.39 is 10.0 Å². The van der Waals surface area contributed by atoms with Crippen LogP contribution in [0.3, 0.4) is 0 Å². The number of nitrogens with zero attached hydrogens (tertiary/aromatic N) is 2. The summed E-state index contributed by atoms with van der Waals surface area (Å²) >= 11 is 0. The minimum Gasteiger partial charge on any atom is -0.497 e. The lowest BCUT2D eigenvalue weighted by atomic mass is 10.1. The first kappa shape index (κ1) is 17.7. The van der Waals surface area contributed by atoms with Gasteiger partial charge in [-0.15, -0.1) is 0 Å². The maximum absolute atomic E-state index is 12.2. The highest BCUT2D eigenvalue weighted by atomic mass is 32.2. The molecule has 0 unspecified atom stereocenters. The van der Waals surface area contributed by atoms with Crippen molar-refractivity contribution in [3.63, 3.8) is 0 Å². The first-order chi connectivity index (χ1) is 10.9. The van der Waals surface area contributed by atoms with Crippen LogP contribution in [0, 0.1) is 0 Å². The van der Waals surface area contributed by atoms with Crippen LogP contribution in [0.5, 0.6) is 5.75 Å². The Labute approximate surface area is 138 Å². The molecule has 0 radical (unpaired) electrons. The van der Waals surface area contributed by atoms with Crippen LogP contribution in [-0.2, 0) is 21.2 Å². The Hall–Kier alpha value is -1.60. The highest BCUT2D eigenvalue weighted by molar-refractivity contribution is 7.88. The monoisotopic (exact) mass is 340 g/mol. The van der Waals surface area contributed by atoms with Crippen molar-refractivity contribution < 1.29 is 17.9 Å². The first-order valence-corrected chi connectivity index (χ1v) is 9.61. The van der Waals surface area contributed by atoms with E-state index in [1.54, 1.807) is 12.0 Å². The van der Waals surface area contributed by atoms with Gasteiger partial charge in [0.25, 0.3) is 0 Å². The fraction of sp³-hybridized carbons (Fsp3) is 0.562. The van der Waals surface area contributed by atoms with Crippen LogP contribution in [0.25, 0.3) is 0 Å². The van der Waals surface area contributed by atoms with Crippen molar-refractivity contribution in [2.45, 2.75) is 19.3 Å². The highest BCUT2D eigenvalue weighted by Gasteiger charge is 2.24. The van der Waals surface area contributed by atoms with Crippen LogP contribution in [-0.4, -0.2) is 63.1 Å². The molecule has 0 aromatic heterocycles. The zero-order valence-electron chi connectivity index (χ0n) is 13.7. The standard InChI is InChI=1S/C16H24N2O4S/c1-22-15-7-5-14(6-8-15)9-12-18(23(2,20)21)13-16(19)17-10-3-4-11-17/h5-8H,3-4,9-13H2,1-2H3. The molecule has 6 nitrogen and oxygen atoms in total. The second kappa shape index (κ2) is 7.79. The van der Waals surface area contributed by atoms with Crippen molar-refractivity contribution in [3.05, 3.63) is 29.8 Å². The summed E-state index contributed by atoms with van der Waals surface area (Å²) in [5.74, 6) is 0.653. The lowest BCUT2D eigenvalue weighted by molar-refractivity contribution is -0.130. The van der Waals surface area contributed by atoms with Gasteiger partial charge in [-0.25, -0.2) is 8.42 Å². The molecule has 1 heterocycles. The summed E-state index contributed by atoms with van der Waals surface area (Å²) in [6.45, 7) is 1.68. The highest BCUT2D eigenvalue weighted by Crippen LogP contribution is 2.13. The average molecular weight is 340 g/mol. The number of likely N-dealkylation sites (tertiary alicyclic amines) is 1. The molecule has 0 saturated carbocycles. The molecule has 2 rings (SSSR count). The number of hydrogen-bond donors (Lipinski definition) is 0. The molecule has 0 spiro atoms. The molecule has 1 aromatic rings. The number of carbonyl (C=O) groups excluding carboxylic acids is 1. The van der Waals surface area contributed by atoms with Crippen LogP contribution in [0.2, 0.25) is 0 Å². The Morgan fingerprint density at radius 3 is 2.35 bits per heavy atom. The van der Waals surface area contributed by atoms with E-state index in [-0.39, 0.29) is 12.5 Å². The minimum absolute atomic E-state index is 0.0744. The van der Waals surface area contributed by atoms with Gasteiger partial charge in [0.15, 0.2) is 0 Å². The molecule has 1 amide bonds. The number of methoxy groups -OCH3 is 1. The molecule has 0 N–H and O–H groups in total. The molecule has 0 aliphatic carbocycles. The summed E-state index contributed by atoms with van der Waals surface area (Å²) in [5.41, 5.74) is 1.01. The second-order valence-electron chi connectivity index (χ2n) is 5.78. The molecule has 1 aromatic carbocycles. The van der Waals surface area contributed by atoms with Gasteiger partial charge in [-0.2, -0.15) is 4.31 Å². The van der Waals surface area contributed by atoms with Crippen LogP contribution >= 0.6 is 0 Å². The Morgan fingerprint density at radius 1 is 1.22 bits per heavy atom. The Kier molecular flexibility index (Phi) is 6.01. The van der Waals surface area contributed by atoms with E-state index in [1.165, 1.54) is 4.31 Å². The third kappa shape index (κ3) is 5.21. The second-order valence-corrected chi connectivity index (χ2v) is 7.76. The van der Waals surface area contributed by atoms with Crippen molar-refractivity contribution in [2.75, 3.05) is 39.5 Å². The van der Waals surface area contributed by atoms with Gasteiger partial charge in [-0.05, 0) is 37.0 Å². The van der Waals surface area contributed by atoms with E-state index in [0.29, 0.717) is 13.0 Å². The Bertz CT molecular complexity index is 622. The molecule has 0 bridgehead atoms. The van der Waals surface area contributed by atoms with Crippen LogP contribution in [0.4, 0.5) is 0 Å². The summed E-state index contributed by atoms with van der Waals surface area (Å²) in [6, 6.07) is 7.49. The maximum atomic E-state index is 12.2. The third-order valence-electron chi connectivity index (χ3n) is 4.05. The quantitative estimate of drug-likeness (QED) is 0.746. The van der Waals surface area contributed by atoms with Crippen molar-refractivity contribution in [1.29, 1.82) is 0 Å². The summed E-state index contributed by atoms with van der Waals surface area (Å²) in [6.07, 6.45) is 3.70. The van der Waals surface area contributed by atoms with Gasteiger partial charge in [0, 0.05) is 19.6 Å². The van der Waals surface area contributed by atoms with Gasteiger partial charge in [0.2, 0.25) is 15.9 Å². The Morgan fingerprint density at radius 2 is 1.83 bits per heavy atom. The number of benzene rings is 1. The zero-order valence-corrected chi connectivity index (χ0v) is 14.5. The van der Waals surface area contributed by atoms with E-state index in [4.69, 9.17) is 4.74 Å². The van der Waals surface area contributed by atoms with Gasteiger partial charge < -0.3 is 9.64 Å². The lowest BCUT2D eigenvalue weighted by Gasteiger charge is -2.23. The van der Waals surface area contributed by atoms with E-state index in [1.807, 2.05) is 24.3 Å². The fourth-order valence-corrected chi connectivity index (χ4v) is 3.39. The summed E-state index contributed by atoms with van der Waals surface area (Å²) in [7, 11) is -1.81. The molecule has 1 aliphatic rings. The molecule has 0 atom stereocenters. The molecule has 1 aliphatic heterocycles. The maximum Gasteiger partial charge on any atom is 0.237 e. The van der Waals surface area contributed by atoms with Gasteiger partial charge in [-0.1, -0.05) is 12.1 Å². The van der Waals surface area contributed by atoms with E-state index in [9.17, 15) is 13.2 Å². The van der Waals surface area contributed by atoms with Crippen molar-refractivity contribution >= 4 is 15.9 Å². The van der Waals surface area contributed by atoms with Crippen LogP contribution in [0.15, 0.2) is 24.3 Å². The van der Waals surface area contributed by atoms with Gasteiger partial charge >= 0.3 is 0 Å². The van der Waals surface area contributed by atoms with Crippen molar-refractivity contribution in [2.24, 2.45) is 0 Å². The smallest absolute Gasteiger partial charge is 0.237 e. The Balaban J connectivity index is 1.96. The molecule has 1 fully saturated rings. The molecule has 23 heavy (non-hydrogen) atoms. The topological polar surface area (TPSA) is 66.9 Å². The van der Waals surface area contributed by atoms with E-state index >= 15 is 0 Å². The van der Waals surface area contributed by atoms with Gasteiger partial charge in [0.1, 0.15) is 5.75 Å². The average Bonchev–Trinajstić information content (AvgIpc) is 3.05. The van der Waals surface area contributed by atoms with Gasteiger partial charge in [0.05, 0.1) is 19.9 Å². The number of sulfonamides is 1. The summed E-state index contributed by atoms with van der Waals surface area (Å²) in [5, 5.41) is 0. The van der Waals surface area contributed by atoms with Gasteiger partial charge in [-0.3, -0.25) is 4.79 Å². The number of ether oxygens (including phenoxy) is 1. The normalized spacial score (nSPS) is 15.2. The predicted octanol–water partition coefficient (Wildman–Crippen LogP) is 1.12. The lowest BCUT2D eigenvalue weighted by Crippen LogP contribution is -2.42. The van der Waals surface area contributed by atoms with E-state index in [0.717, 1.165) is 43.5 Å². The number of carbonyl (C=O) groups is 1. The molecular formula is C16H24N2O4S. The SMILES string of the molecule is COc1ccc(CCN(CC(=O)N2CCCC2)S(C)(=O)=O)cc1. The van der Waals surface area contributed by atoms with Crippen molar-refractivity contribution in [3.8, 4) is 5.75 Å². The zero-order chi connectivity index (χ0) is 16.9. The number of rotatable bonds is 7. The largest absolute Gasteiger partial charge is 0.497 e. The molecular weight excluding hydrogens is 316 g/mol. The first-order valence-electron chi connectivity index (χ1n) is 7.76. The minimum atomic E-state index is -3.41. The number of amides is 1. The summed E-state index contributed by atoms with van der Waals surface area (Å²) < 4.78 is 30.2. The fourth-order valence-electron chi connectivity index (χ4n) is 2.63.